The van der Waals surface area contributed by atoms with E-state index in [0.29, 0.717) is 5.92 Å². The minimum atomic E-state index is 0.0156. The van der Waals surface area contributed by atoms with Crippen LogP contribution in [-0.4, -0.2) is 16.0 Å². The molecule has 1 aromatic rings. The Balaban J connectivity index is 2.93. The summed E-state index contributed by atoms with van der Waals surface area (Å²) < 4.78 is 0.778. The first-order valence-electron chi connectivity index (χ1n) is 5.34. The second-order valence-electron chi connectivity index (χ2n) is 3.86. The molecule has 0 saturated carbocycles. The molecule has 0 saturated heterocycles. The summed E-state index contributed by atoms with van der Waals surface area (Å²) in [5, 5.41) is 3.20. The number of aromatic nitrogens is 2. The van der Waals surface area contributed by atoms with Crippen LogP contribution in [0.3, 0.4) is 0 Å². The summed E-state index contributed by atoms with van der Waals surface area (Å²) >= 11 is 3.37. The van der Waals surface area contributed by atoms with Gasteiger partial charge in [0, 0.05) is 12.0 Å². The second kappa shape index (κ2) is 5.86. The largest absolute Gasteiger partial charge is 0.356 e. The highest BCUT2D eigenvalue weighted by Gasteiger charge is 2.08. The summed E-state index contributed by atoms with van der Waals surface area (Å²) in [5.74, 6) is 4.56. The molecular formula is C12H16BrN3. The van der Waals surface area contributed by atoms with Crippen molar-refractivity contribution in [2.24, 2.45) is 0 Å². The smallest absolute Gasteiger partial charge is 0.134 e. The third-order valence-corrected chi connectivity index (χ3v) is 2.57. The molecule has 0 aliphatic carbocycles. The molecule has 0 spiro atoms. The zero-order valence-electron chi connectivity index (χ0n) is 9.79. The van der Waals surface area contributed by atoms with E-state index in [-0.39, 0.29) is 6.04 Å². The van der Waals surface area contributed by atoms with Crippen molar-refractivity contribution in [2.45, 2.75) is 39.2 Å². The predicted octanol–water partition coefficient (Wildman–Crippen LogP) is 3.19. The molecule has 1 unspecified atom stereocenters. The Bertz CT molecular complexity index is 396. The maximum atomic E-state index is 5.40. The zero-order chi connectivity index (χ0) is 12.1. The first-order chi connectivity index (χ1) is 7.56. The Morgan fingerprint density at radius 1 is 1.50 bits per heavy atom. The summed E-state index contributed by atoms with van der Waals surface area (Å²) in [7, 11) is 0. The van der Waals surface area contributed by atoms with Gasteiger partial charge in [0.25, 0.3) is 0 Å². The SMILES string of the molecule is C#CC(CC)Nc1cc(Br)nc(C(C)C)n1. The van der Waals surface area contributed by atoms with E-state index in [9.17, 15) is 0 Å². The van der Waals surface area contributed by atoms with E-state index in [1.807, 2.05) is 13.0 Å². The Kier molecular flexibility index (Phi) is 4.75. The van der Waals surface area contributed by atoms with E-state index in [1.54, 1.807) is 0 Å². The quantitative estimate of drug-likeness (QED) is 0.680. The van der Waals surface area contributed by atoms with Crippen molar-refractivity contribution >= 4 is 21.7 Å². The highest BCUT2D eigenvalue weighted by Crippen LogP contribution is 2.18. The summed E-state index contributed by atoms with van der Waals surface area (Å²) in [6, 6.07) is 1.85. The summed E-state index contributed by atoms with van der Waals surface area (Å²) in [6.07, 6.45) is 6.27. The molecule has 0 aliphatic heterocycles. The molecule has 1 heterocycles. The van der Waals surface area contributed by atoms with Gasteiger partial charge in [-0.2, -0.15) is 0 Å². The van der Waals surface area contributed by atoms with Crippen LogP contribution >= 0.6 is 15.9 Å². The molecule has 86 valence electrons. The number of halogens is 1. The number of anilines is 1. The van der Waals surface area contributed by atoms with E-state index in [1.165, 1.54) is 0 Å². The third kappa shape index (κ3) is 3.49. The molecule has 1 N–H and O–H groups in total. The molecule has 3 nitrogen and oxygen atoms in total. The van der Waals surface area contributed by atoms with Crippen molar-refractivity contribution in [3.63, 3.8) is 0 Å². The molecule has 0 aliphatic rings. The standard InChI is InChI=1S/C12H16BrN3/c1-5-9(6-2)14-11-7-10(13)15-12(16-11)8(3)4/h1,7-9H,6H2,2-4H3,(H,14,15,16). The molecule has 1 atom stereocenters. The van der Waals surface area contributed by atoms with Gasteiger partial charge in [-0.05, 0) is 22.4 Å². The number of nitrogens with zero attached hydrogens (tertiary/aromatic N) is 2. The Morgan fingerprint density at radius 3 is 2.69 bits per heavy atom. The summed E-state index contributed by atoms with van der Waals surface area (Å²) in [4.78, 5) is 8.73. The maximum absolute atomic E-state index is 5.40. The van der Waals surface area contributed by atoms with Gasteiger partial charge in [0.05, 0.1) is 6.04 Å². The molecule has 16 heavy (non-hydrogen) atoms. The first-order valence-corrected chi connectivity index (χ1v) is 6.13. The van der Waals surface area contributed by atoms with Crippen molar-refractivity contribution in [1.82, 2.24) is 9.97 Å². The minimum Gasteiger partial charge on any atom is -0.356 e. The van der Waals surface area contributed by atoms with Crippen LogP contribution in [0.15, 0.2) is 10.7 Å². The molecule has 1 aromatic heterocycles. The van der Waals surface area contributed by atoms with Gasteiger partial charge in [-0.1, -0.05) is 26.7 Å². The minimum absolute atomic E-state index is 0.0156. The van der Waals surface area contributed by atoms with E-state index in [4.69, 9.17) is 6.42 Å². The average molecular weight is 282 g/mol. The molecule has 0 amide bonds. The van der Waals surface area contributed by atoms with E-state index in [2.05, 4.69) is 51.0 Å². The van der Waals surface area contributed by atoms with Crippen LogP contribution < -0.4 is 5.32 Å². The van der Waals surface area contributed by atoms with Gasteiger partial charge < -0.3 is 5.32 Å². The van der Waals surface area contributed by atoms with Crippen LogP contribution in [0.2, 0.25) is 0 Å². The fourth-order valence-electron chi connectivity index (χ4n) is 1.21. The lowest BCUT2D eigenvalue weighted by Gasteiger charge is -2.13. The van der Waals surface area contributed by atoms with Gasteiger partial charge >= 0.3 is 0 Å². The highest BCUT2D eigenvalue weighted by atomic mass is 79.9. The maximum Gasteiger partial charge on any atom is 0.134 e. The Hall–Kier alpha value is -1.08. The van der Waals surface area contributed by atoms with Crippen LogP contribution in [-0.2, 0) is 0 Å². The topological polar surface area (TPSA) is 37.8 Å². The summed E-state index contributed by atoms with van der Waals surface area (Å²) in [5.41, 5.74) is 0. The highest BCUT2D eigenvalue weighted by molar-refractivity contribution is 9.10. The van der Waals surface area contributed by atoms with Crippen LogP contribution in [0, 0.1) is 12.3 Å². The monoisotopic (exact) mass is 281 g/mol. The second-order valence-corrected chi connectivity index (χ2v) is 4.67. The number of nitrogens with one attached hydrogen (secondary N) is 1. The fourth-order valence-corrected chi connectivity index (χ4v) is 1.61. The van der Waals surface area contributed by atoms with Crippen molar-refractivity contribution in [2.75, 3.05) is 5.32 Å². The molecule has 0 fully saturated rings. The molecule has 4 heteroatoms. The van der Waals surface area contributed by atoms with Gasteiger partial charge in [-0.3, -0.25) is 0 Å². The molecule has 0 bridgehead atoms. The molecule has 0 aromatic carbocycles. The van der Waals surface area contributed by atoms with Crippen molar-refractivity contribution in [3.05, 3.63) is 16.5 Å². The molecule has 0 radical (unpaired) electrons. The Morgan fingerprint density at radius 2 is 2.19 bits per heavy atom. The fraction of sp³-hybridized carbons (Fsp3) is 0.500. The lowest BCUT2D eigenvalue weighted by molar-refractivity contribution is 0.763. The molecule has 1 rings (SSSR count). The first kappa shape index (κ1) is 13.0. The van der Waals surface area contributed by atoms with Crippen LogP contribution in [0.4, 0.5) is 5.82 Å². The van der Waals surface area contributed by atoms with Crippen LogP contribution in [0.5, 0.6) is 0 Å². The summed E-state index contributed by atoms with van der Waals surface area (Å²) in [6.45, 7) is 6.16. The van der Waals surface area contributed by atoms with Gasteiger partial charge in [-0.15, -0.1) is 6.42 Å². The van der Waals surface area contributed by atoms with E-state index >= 15 is 0 Å². The zero-order valence-corrected chi connectivity index (χ0v) is 11.4. The number of hydrogen-bond acceptors (Lipinski definition) is 3. The van der Waals surface area contributed by atoms with Gasteiger partial charge in [0.15, 0.2) is 0 Å². The van der Waals surface area contributed by atoms with Crippen LogP contribution in [0.1, 0.15) is 38.9 Å². The van der Waals surface area contributed by atoms with Crippen LogP contribution in [0.25, 0.3) is 0 Å². The van der Waals surface area contributed by atoms with Gasteiger partial charge in [-0.25, -0.2) is 9.97 Å². The van der Waals surface area contributed by atoms with Crippen molar-refractivity contribution < 1.29 is 0 Å². The van der Waals surface area contributed by atoms with Gasteiger partial charge in [0.2, 0.25) is 0 Å². The normalized spacial score (nSPS) is 12.2. The third-order valence-electron chi connectivity index (χ3n) is 2.16. The number of rotatable bonds is 4. The predicted molar refractivity (Wildman–Crippen MR) is 70.4 cm³/mol. The van der Waals surface area contributed by atoms with Crippen molar-refractivity contribution in [1.29, 1.82) is 0 Å². The van der Waals surface area contributed by atoms with E-state index in [0.717, 1.165) is 22.7 Å². The molecular weight excluding hydrogens is 266 g/mol. The van der Waals surface area contributed by atoms with Crippen molar-refractivity contribution in [3.8, 4) is 12.3 Å². The Labute approximate surface area is 105 Å². The number of terminal acetylenes is 1. The lowest BCUT2D eigenvalue weighted by atomic mass is 10.2. The van der Waals surface area contributed by atoms with E-state index < -0.39 is 0 Å². The lowest BCUT2D eigenvalue weighted by Crippen LogP contribution is -2.17. The van der Waals surface area contributed by atoms with Gasteiger partial charge in [0.1, 0.15) is 16.2 Å². The number of hydrogen-bond donors (Lipinski definition) is 1. The average Bonchev–Trinajstić information content (AvgIpc) is 2.25.